The van der Waals surface area contributed by atoms with Crippen LogP contribution in [0.25, 0.3) is 16.5 Å². The monoisotopic (exact) mass is 513 g/mol. The molecule has 0 atom stereocenters. The maximum absolute atomic E-state index is 10.1. The quantitative estimate of drug-likeness (QED) is 0.310. The van der Waals surface area contributed by atoms with Crippen LogP contribution < -0.4 is 15.4 Å². The van der Waals surface area contributed by atoms with Crippen LogP contribution in [0, 0.1) is 0 Å². The summed E-state index contributed by atoms with van der Waals surface area (Å²) in [6, 6.07) is 16.9. The Bertz CT molecular complexity index is 1320. The highest BCUT2D eigenvalue weighted by Gasteiger charge is 2.40. The Hall–Kier alpha value is -3.18. The summed E-state index contributed by atoms with van der Waals surface area (Å²) < 4.78 is 5.71. The molecule has 1 aliphatic carbocycles. The van der Waals surface area contributed by atoms with Crippen LogP contribution in [0.4, 0.5) is 5.69 Å². The lowest BCUT2D eigenvalue weighted by Crippen LogP contribution is -2.59. The molecule has 0 aromatic heterocycles. The Morgan fingerprint density at radius 1 is 0.974 bits per heavy atom. The molecule has 1 spiro atoms. The Labute approximate surface area is 227 Å². The van der Waals surface area contributed by atoms with E-state index >= 15 is 0 Å². The Kier molecular flexibility index (Phi) is 7.85. The summed E-state index contributed by atoms with van der Waals surface area (Å²) in [6.07, 6.45) is 7.86. The second-order valence-electron chi connectivity index (χ2n) is 10.7. The van der Waals surface area contributed by atoms with Gasteiger partial charge in [-0.25, -0.2) is 0 Å². The van der Waals surface area contributed by atoms with Gasteiger partial charge in [-0.3, -0.25) is 4.90 Å². The molecule has 1 saturated heterocycles. The topological polar surface area (TPSA) is 56.8 Å². The molecule has 6 rings (SSSR count). The molecule has 1 saturated carbocycles. The molecule has 5 heteroatoms. The van der Waals surface area contributed by atoms with Crippen LogP contribution in [0.2, 0.25) is 0 Å². The predicted molar refractivity (Wildman–Crippen MR) is 159 cm³/mol. The summed E-state index contributed by atoms with van der Waals surface area (Å²) >= 11 is 0. The largest absolute Gasteiger partial charge is 0.508 e. The highest BCUT2D eigenvalue weighted by atomic mass is 16.5. The van der Waals surface area contributed by atoms with Gasteiger partial charge in [-0.2, -0.15) is 0 Å². The van der Waals surface area contributed by atoms with Crippen molar-refractivity contribution in [1.29, 1.82) is 0 Å². The van der Waals surface area contributed by atoms with E-state index in [-0.39, 0.29) is 5.66 Å². The number of rotatable bonds is 5. The van der Waals surface area contributed by atoms with Crippen molar-refractivity contribution < 1.29 is 9.84 Å². The maximum atomic E-state index is 10.1. The van der Waals surface area contributed by atoms with Gasteiger partial charge in [-0.05, 0) is 78.1 Å². The zero-order valence-electron chi connectivity index (χ0n) is 23.5. The van der Waals surface area contributed by atoms with Crippen LogP contribution in [0.1, 0.15) is 76.0 Å². The molecular weight excluding hydrogens is 470 g/mol. The first-order chi connectivity index (χ1) is 18.6. The Morgan fingerprint density at radius 3 is 2.45 bits per heavy atom. The normalized spacial score (nSPS) is 18.1. The summed E-state index contributed by atoms with van der Waals surface area (Å²) in [5.41, 5.74) is 7.67. The molecule has 0 radical (unpaired) electrons. The maximum Gasteiger partial charge on any atom is 0.126 e. The number of piperidine rings is 1. The molecule has 2 fully saturated rings. The Balaban J connectivity index is 0.00000144. The van der Waals surface area contributed by atoms with E-state index in [1.807, 2.05) is 26.0 Å². The number of fused-ring (bicyclic) bond motifs is 2. The fourth-order valence-electron chi connectivity index (χ4n) is 6.17. The lowest BCUT2D eigenvalue weighted by atomic mass is 9.84. The molecule has 2 aliphatic heterocycles. The van der Waals surface area contributed by atoms with Crippen LogP contribution in [-0.4, -0.2) is 35.9 Å². The number of nitrogens with one attached hydrogen (secondary N) is 2. The van der Waals surface area contributed by atoms with E-state index < -0.39 is 0 Å². The number of allylic oxidation sites excluding steroid dienone is 1. The van der Waals surface area contributed by atoms with Crippen LogP contribution in [-0.2, 0) is 13.0 Å². The number of hydrogen-bond acceptors (Lipinski definition) is 5. The molecule has 0 amide bonds. The number of aromatic hydroxyl groups is 1. The van der Waals surface area contributed by atoms with E-state index in [9.17, 15) is 5.11 Å². The van der Waals surface area contributed by atoms with Crippen LogP contribution in [0.5, 0.6) is 11.5 Å². The average Bonchev–Trinajstić information content (AvgIpc) is 2.91. The van der Waals surface area contributed by atoms with Gasteiger partial charge in [-0.1, -0.05) is 45.4 Å². The van der Waals surface area contributed by atoms with Crippen LogP contribution in [0.15, 0.2) is 54.1 Å². The summed E-state index contributed by atoms with van der Waals surface area (Å²) in [6.45, 7) is 9.27. The van der Waals surface area contributed by atoms with Crippen molar-refractivity contribution in [2.45, 2.75) is 77.9 Å². The van der Waals surface area contributed by atoms with E-state index in [4.69, 9.17) is 4.74 Å². The number of hydrogen-bond donors (Lipinski definition) is 3. The molecule has 3 N–H and O–H groups in total. The van der Waals surface area contributed by atoms with Crippen molar-refractivity contribution in [2.24, 2.45) is 0 Å². The van der Waals surface area contributed by atoms with Gasteiger partial charge in [0.1, 0.15) is 17.2 Å². The van der Waals surface area contributed by atoms with E-state index in [2.05, 4.69) is 52.8 Å². The number of likely N-dealkylation sites (tertiary alicyclic amines) is 1. The number of benzene rings is 3. The molecule has 3 aromatic carbocycles. The first-order valence-corrected chi connectivity index (χ1v) is 14.5. The summed E-state index contributed by atoms with van der Waals surface area (Å²) in [5, 5.41) is 20.4. The first-order valence-electron chi connectivity index (χ1n) is 14.5. The third-order valence-electron chi connectivity index (χ3n) is 8.28. The van der Waals surface area contributed by atoms with Crippen molar-refractivity contribution >= 4 is 22.2 Å². The van der Waals surface area contributed by atoms with Gasteiger partial charge in [0.05, 0.1) is 7.11 Å². The molecule has 2 heterocycles. The van der Waals surface area contributed by atoms with Crippen molar-refractivity contribution in [2.75, 3.05) is 25.5 Å². The van der Waals surface area contributed by atoms with Gasteiger partial charge < -0.3 is 20.5 Å². The molecule has 38 heavy (non-hydrogen) atoms. The second kappa shape index (κ2) is 11.3. The van der Waals surface area contributed by atoms with E-state index in [0.29, 0.717) is 5.75 Å². The van der Waals surface area contributed by atoms with Crippen molar-refractivity contribution in [1.82, 2.24) is 10.2 Å². The molecule has 202 valence electrons. The predicted octanol–water partition coefficient (Wildman–Crippen LogP) is 7.44. The summed E-state index contributed by atoms with van der Waals surface area (Å²) in [4.78, 5) is 2.59. The number of phenols is 1. The third kappa shape index (κ3) is 5.09. The highest BCUT2D eigenvalue weighted by Crippen LogP contribution is 2.43. The summed E-state index contributed by atoms with van der Waals surface area (Å²) in [7, 11) is 1.77. The molecule has 3 aliphatic rings. The van der Waals surface area contributed by atoms with E-state index in [1.54, 1.807) is 13.2 Å². The SMILES string of the molecule is CC.CCCc1cc(CN2CCC3(CC2)NC(=C2CCC2)c2cc(O)ccc2N3)cc2c(OC)cccc12. The molecule has 0 bridgehead atoms. The third-order valence-corrected chi connectivity index (χ3v) is 8.28. The molecular formula is C33H43N3O2. The fourth-order valence-corrected chi connectivity index (χ4v) is 6.17. The number of aryl methyl sites for hydroxylation is 1. The molecule has 0 unspecified atom stereocenters. The summed E-state index contributed by atoms with van der Waals surface area (Å²) in [5.74, 6) is 1.29. The van der Waals surface area contributed by atoms with Gasteiger partial charge in [0.2, 0.25) is 0 Å². The minimum atomic E-state index is -0.127. The standard InChI is InChI=1S/C31H37N3O2.C2H6/c1-3-6-23-17-21(18-26-25(23)9-5-10-29(26)36-2)20-34-15-13-31(14-16-34)32-28-12-11-24(35)19-27(28)30(33-31)22-7-4-8-22;1-2/h5,9-12,17-19,32-33,35H,3-4,6-8,13-16,20H2,1-2H3;1-2H3. The van der Waals surface area contributed by atoms with Crippen molar-refractivity contribution in [3.05, 3.63) is 70.8 Å². The second-order valence-corrected chi connectivity index (χ2v) is 10.7. The minimum Gasteiger partial charge on any atom is -0.508 e. The molecule has 3 aromatic rings. The van der Waals surface area contributed by atoms with Crippen LogP contribution in [0.3, 0.4) is 0 Å². The van der Waals surface area contributed by atoms with E-state index in [1.165, 1.54) is 39.6 Å². The van der Waals surface area contributed by atoms with Crippen LogP contribution >= 0.6 is 0 Å². The van der Waals surface area contributed by atoms with Gasteiger partial charge in [0, 0.05) is 54.8 Å². The van der Waals surface area contributed by atoms with Gasteiger partial charge in [0.15, 0.2) is 0 Å². The number of anilines is 1. The zero-order valence-corrected chi connectivity index (χ0v) is 23.5. The number of ether oxygens (including phenoxy) is 1. The van der Waals surface area contributed by atoms with Gasteiger partial charge in [0.25, 0.3) is 0 Å². The lowest BCUT2D eigenvalue weighted by Gasteiger charge is -2.48. The van der Waals surface area contributed by atoms with Gasteiger partial charge >= 0.3 is 0 Å². The van der Waals surface area contributed by atoms with Crippen molar-refractivity contribution in [3.63, 3.8) is 0 Å². The fraction of sp³-hybridized carbons (Fsp3) is 0.455. The van der Waals surface area contributed by atoms with Gasteiger partial charge in [-0.15, -0.1) is 0 Å². The van der Waals surface area contributed by atoms with E-state index in [0.717, 1.165) is 75.2 Å². The van der Waals surface area contributed by atoms with Crippen molar-refractivity contribution in [3.8, 4) is 11.5 Å². The first kappa shape index (κ1) is 26.4. The lowest BCUT2D eigenvalue weighted by molar-refractivity contribution is 0.155. The number of nitrogens with zero attached hydrogens (tertiary/aromatic N) is 1. The Morgan fingerprint density at radius 2 is 1.76 bits per heavy atom. The zero-order chi connectivity index (χ0) is 26.7. The smallest absolute Gasteiger partial charge is 0.126 e. The highest BCUT2D eigenvalue weighted by molar-refractivity contribution is 5.91. The number of phenolic OH excluding ortho intramolecular Hbond substituents is 1. The number of methoxy groups -OCH3 is 1. The minimum absolute atomic E-state index is 0.127. The molecule has 5 nitrogen and oxygen atoms in total. The average molecular weight is 514 g/mol.